The van der Waals surface area contributed by atoms with E-state index >= 15 is 0 Å². The van der Waals surface area contributed by atoms with Gasteiger partial charge in [-0.05, 0) is 91.3 Å². The maximum Gasteiger partial charge on any atom is 0.434 e. The zero-order valence-electron chi connectivity index (χ0n) is 27.4. The Morgan fingerprint density at radius 1 is 1.14 bits per heavy atom. The molecule has 3 fully saturated rings. The Morgan fingerprint density at radius 2 is 2.02 bits per heavy atom. The van der Waals surface area contributed by atoms with Gasteiger partial charge in [-0.1, -0.05) is 29.8 Å². The molecule has 3 aliphatic heterocycles. The number of hydrogen-bond acceptors (Lipinski definition) is 9. The maximum absolute atomic E-state index is 14.5. The lowest BCUT2D eigenvalue weighted by atomic mass is 9.71. The number of nitrogens with zero attached hydrogens (tertiary/aromatic N) is 4. The summed E-state index contributed by atoms with van der Waals surface area (Å²) in [6.07, 6.45) is 6.12. The molecule has 11 rings (SSSR count). The van der Waals surface area contributed by atoms with Crippen molar-refractivity contribution in [1.82, 2.24) is 25.1 Å². The van der Waals surface area contributed by atoms with Crippen molar-refractivity contribution in [3.63, 3.8) is 0 Å². The lowest BCUT2D eigenvalue weighted by Gasteiger charge is -2.37. The van der Waals surface area contributed by atoms with Crippen LogP contribution in [-0.4, -0.2) is 44.6 Å². The summed E-state index contributed by atoms with van der Waals surface area (Å²) in [7, 11) is 1.49. The molecule has 10 nitrogen and oxygen atoms in total. The van der Waals surface area contributed by atoms with E-state index in [-0.39, 0.29) is 23.7 Å². The predicted molar refractivity (Wildman–Crippen MR) is 191 cm³/mol. The van der Waals surface area contributed by atoms with Crippen LogP contribution in [0.4, 0.5) is 10.2 Å². The number of hydrogen-bond donors (Lipinski definition) is 2. The van der Waals surface area contributed by atoms with Gasteiger partial charge in [0, 0.05) is 33.8 Å². The highest BCUT2D eigenvalue weighted by molar-refractivity contribution is 7.23. The Labute approximate surface area is 299 Å². The minimum atomic E-state index is -0.690. The second kappa shape index (κ2) is 11.2. The van der Waals surface area contributed by atoms with Gasteiger partial charge in [-0.2, -0.15) is 0 Å². The number of H-pyrrole nitrogens is 1. The van der Waals surface area contributed by atoms with Gasteiger partial charge >= 0.3 is 5.76 Å². The number of aromatic amines is 1. The average Bonchev–Trinajstić information content (AvgIpc) is 3.95. The van der Waals surface area contributed by atoms with Crippen molar-refractivity contribution < 1.29 is 18.3 Å². The standard InChI is InChI=1S/C38H30ClFN6O4S/c1-49-31-23-7-10-25(22(23)6-8-24(31)40)43-34-32-20(11-12-41-34)14-27(51-32)29-28(35-44-45-37(48)50-35)26(9-5-18-3-2-4-21(39)13-18)42-33-30(29)36(47)46-17-19-15-38(33,46)16-19/h2-4,6,8,11-14,19,25H,5,7,9-10,15-17H2,1H3,(H,41,43)(H,45,48). The van der Waals surface area contributed by atoms with Crippen LogP contribution >= 0.6 is 22.9 Å². The number of fused-ring (bicyclic) bond motifs is 3. The van der Waals surface area contributed by atoms with Crippen molar-refractivity contribution in [1.29, 1.82) is 0 Å². The molecular formula is C38H30ClFN6O4S. The number of rotatable bonds is 8. The summed E-state index contributed by atoms with van der Waals surface area (Å²) in [5.41, 5.74) is 5.74. The molecule has 5 aliphatic rings. The fourth-order valence-corrected chi connectivity index (χ4v) is 10.3. The van der Waals surface area contributed by atoms with Crippen molar-refractivity contribution >= 4 is 44.7 Å². The second-order valence-corrected chi connectivity index (χ2v) is 15.4. The Morgan fingerprint density at radius 3 is 2.82 bits per heavy atom. The fourth-order valence-electron chi connectivity index (χ4n) is 8.91. The van der Waals surface area contributed by atoms with Gasteiger partial charge in [0.2, 0.25) is 0 Å². The number of methoxy groups -OCH3 is 1. The lowest BCUT2D eigenvalue weighted by molar-refractivity contribution is 0.0637. The molecule has 4 aromatic heterocycles. The molecule has 2 bridgehead atoms. The minimum absolute atomic E-state index is 0.0503. The van der Waals surface area contributed by atoms with Crippen molar-refractivity contribution in [2.75, 3.05) is 19.0 Å². The first-order valence-corrected chi connectivity index (χ1v) is 18.2. The largest absolute Gasteiger partial charge is 0.493 e. The fraction of sp³-hybridized carbons (Fsp3) is 0.289. The number of pyridine rings is 2. The van der Waals surface area contributed by atoms with Crippen molar-refractivity contribution in [3.8, 4) is 27.6 Å². The van der Waals surface area contributed by atoms with Crippen LogP contribution in [-0.2, 0) is 24.8 Å². The van der Waals surface area contributed by atoms with Crippen molar-refractivity contribution in [2.24, 2.45) is 5.92 Å². The van der Waals surface area contributed by atoms with Gasteiger partial charge in [-0.3, -0.25) is 9.78 Å². The number of benzene rings is 2. The van der Waals surface area contributed by atoms with E-state index in [1.165, 1.54) is 24.5 Å². The molecule has 7 heterocycles. The summed E-state index contributed by atoms with van der Waals surface area (Å²) in [5, 5.41) is 11.9. The summed E-state index contributed by atoms with van der Waals surface area (Å²) in [5.74, 6) is 0.444. The third-order valence-electron chi connectivity index (χ3n) is 11.1. The number of halogens is 2. The van der Waals surface area contributed by atoms with E-state index in [4.69, 9.17) is 30.7 Å². The van der Waals surface area contributed by atoms with E-state index in [9.17, 15) is 14.0 Å². The molecule has 1 spiro atoms. The molecule has 1 atom stereocenters. The van der Waals surface area contributed by atoms with Crippen LogP contribution in [0.15, 0.2) is 63.9 Å². The van der Waals surface area contributed by atoms with Gasteiger partial charge in [0.15, 0.2) is 11.6 Å². The number of aromatic nitrogens is 4. The summed E-state index contributed by atoms with van der Waals surface area (Å²) in [6, 6.07) is 14.9. The molecule has 2 aliphatic carbocycles. The van der Waals surface area contributed by atoms with Crippen molar-refractivity contribution in [3.05, 3.63) is 110 Å². The summed E-state index contributed by atoms with van der Waals surface area (Å²) in [4.78, 5) is 39.7. The molecule has 2 saturated heterocycles. The number of thiophene rings is 1. The van der Waals surface area contributed by atoms with E-state index in [2.05, 4.69) is 21.6 Å². The SMILES string of the molecule is COc1c(F)ccc2c1CCC2Nc1nccc2cc(-c3c4c(nc(CCc5cccc(Cl)c5)c3-c3n[nH]c(=O)o3)C35CC(CN3C4=O)C5)sc12. The summed E-state index contributed by atoms with van der Waals surface area (Å²) < 4.78 is 26.5. The predicted octanol–water partition coefficient (Wildman–Crippen LogP) is 7.46. The van der Waals surface area contributed by atoms with E-state index in [0.717, 1.165) is 56.6 Å². The number of amides is 1. The van der Waals surface area contributed by atoms with Gasteiger partial charge in [-0.15, -0.1) is 16.4 Å². The van der Waals surface area contributed by atoms with Crippen LogP contribution in [0.2, 0.25) is 5.02 Å². The molecule has 1 unspecified atom stereocenters. The first-order valence-electron chi connectivity index (χ1n) is 17.0. The highest BCUT2D eigenvalue weighted by atomic mass is 35.5. The van der Waals surface area contributed by atoms with Crippen LogP contribution in [0, 0.1) is 11.7 Å². The topological polar surface area (TPSA) is 126 Å². The third kappa shape index (κ3) is 4.55. The van der Waals surface area contributed by atoms with Gasteiger partial charge in [0.1, 0.15) is 5.82 Å². The van der Waals surface area contributed by atoms with Crippen LogP contribution in [0.3, 0.4) is 0 Å². The molecule has 51 heavy (non-hydrogen) atoms. The smallest absolute Gasteiger partial charge is 0.434 e. The van der Waals surface area contributed by atoms with Crippen molar-refractivity contribution in [2.45, 2.75) is 50.1 Å². The number of aryl methyl sites for hydroxylation is 2. The summed E-state index contributed by atoms with van der Waals surface area (Å²) >= 11 is 7.85. The summed E-state index contributed by atoms with van der Waals surface area (Å²) in [6.45, 7) is 0.710. The number of anilines is 1. The number of nitrogens with one attached hydrogen (secondary N) is 2. The van der Waals surface area contributed by atoms with E-state index < -0.39 is 11.3 Å². The zero-order chi connectivity index (χ0) is 34.6. The zero-order valence-corrected chi connectivity index (χ0v) is 29.0. The Hall–Kier alpha value is -5.07. The number of ether oxygens (including phenoxy) is 1. The molecule has 1 saturated carbocycles. The van der Waals surface area contributed by atoms with Gasteiger partial charge < -0.3 is 19.4 Å². The second-order valence-electron chi connectivity index (χ2n) is 13.9. The average molecular weight is 721 g/mol. The Balaban J connectivity index is 1.14. The molecule has 1 amide bonds. The van der Waals surface area contributed by atoms with E-state index in [1.807, 2.05) is 41.3 Å². The normalized spacial score (nSPS) is 21.2. The molecule has 6 aromatic rings. The van der Waals surface area contributed by atoms with Crippen LogP contribution in [0.1, 0.15) is 63.7 Å². The highest BCUT2D eigenvalue weighted by Gasteiger charge is 2.65. The van der Waals surface area contributed by atoms with Crippen LogP contribution < -0.4 is 15.8 Å². The Kier molecular flexibility index (Phi) is 6.76. The molecule has 2 N–H and O–H groups in total. The van der Waals surface area contributed by atoms with E-state index in [0.29, 0.717) is 70.7 Å². The van der Waals surface area contributed by atoms with Crippen LogP contribution in [0.25, 0.3) is 32.0 Å². The maximum atomic E-state index is 14.5. The van der Waals surface area contributed by atoms with Gasteiger partial charge in [0.05, 0.1) is 45.9 Å². The Bertz CT molecular complexity index is 2500. The molecule has 13 heteroatoms. The monoisotopic (exact) mass is 720 g/mol. The third-order valence-corrected chi connectivity index (χ3v) is 12.5. The quantitative estimate of drug-likeness (QED) is 0.166. The number of carbonyl (C=O) groups excluding carboxylic acids is 1. The molecule has 2 aromatic carbocycles. The minimum Gasteiger partial charge on any atom is -0.493 e. The molecule has 256 valence electrons. The first-order chi connectivity index (χ1) is 24.8. The molecule has 0 radical (unpaired) electrons. The first kappa shape index (κ1) is 30.7. The van der Waals surface area contributed by atoms with Crippen LogP contribution in [0.5, 0.6) is 5.75 Å². The lowest BCUT2D eigenvalue weighted by Crippen LogP contribution is -2.40. The highest BCUT2D eigenvalue weighted by Crippen LogP contribution is 2.63. The molecular weight excluding hydrogens is 691 g/mol. The van der Waals surface area contributed by atoms with E-state index in [1.54, 1.807) is 6.20 Å². The van der Waals surface area contributed by atoms with Gasteiger partial charge in [-0.25, -0.2) is 19.3 Å². The van der Waals surface area contributed by atoms with Gasteiger partial charge in [0.25, 0.3) is 11.8 Å². The number of carbonyl (C=O) groups is 1.